The molecule has 2 N–H and O–H groups in total. The first-order valence-corrected chi connectivity index (χ1v) is 9.71. The average Bonchev–Trinajstić information content (AvgIpc) is 3.06. The molecule has 2 aromatic rings. The summed E-state index contributed by atoms with van der Waals surface area (Å²) in [5.74, 6) is -0.265. The monoisotopic (exact) mass is 380 g/mol. The van der Waals surface area contributed by atoms with Gasteiger partial charge in [0.25, 0.3) is 11.8 Å². The van der Waals surface area contributed by atoms with Crippen LogP contribution in [-0.4, -0.2) is 27.9 Å². The molecule has 0 radical (unpaired) electrons. The second kappa shape index (κ2) is 8.00. The van der Waals surface area contributed by atoms with Gasteiger partial charge in [0, 0.05) is 18.8 Å². The van der Waals surface area contributed by atoms with Gasteiger partial charge in [-0.3, -0.25) is 9.59 Å². The molecule has 0 spiro atoms. The summed E-state index contributed by atoms with van der Waals surface area (Å²) in [6, 6.07) is 7.84. The van der Waals surface area contributed by atoms with Crippen molar-refractivity contribution in [3.8, 4) is 0 Å². The van der Waals surface area contributed by atoms with Gasteiger partial charge in [0.15, 0.2) is 11.5 Å². The molecule has 1 aromatic carbocycles. The minimum absolute atomic E-state index is 0.0547. The van der Waals surface area contributed by atoms with Crippen molar-refractivity contribution in [2.45, 2.75) is 52.0 Å². The van der Waals surface area contributed by atoms with Crippen LogP contribution in [0.15, 0.2) is 36.9 Å². The van der Waals surface area contributed by atoms with Crippen LogP contribution in [0.25, 0.3) is 0 Å². The summed E-state index contributed by atoms with van der Waals surface area (Å²) in [4.78, 5) is 29.7. The van der Waals surface area contributed by atoms with Crippen molar-refractivity contribution < 1.29 is 9.59 Å². The van der Waals surface area contributed by atoms with E-state index in [0.29, 0.717) is 30.3 Å². The van der Waals surface area contributed by atoms with Crippen molar-refractivity contribution in [2.75, 3.05) is 11.9 Å². The zero-order chi connectivity index (χ0) is 20.3. The van der Waals surface area contributed by atoms with Crippen molar-refractivity contribution in [1.29, 1.82) is 0 Å². The fourth-order valence-electron chi connectivity index (χ4n) is 3.39. The van der Waals surface area contributed by atoms with E-state index in [1.54, 1.807) is 6.08 Å². The van der Waals surface area contributed by atoms with E-state index in [1.165, 1.54) is 5.56 Å². The normalized spacial score (nSPS) is 13.5. The lowest BCUT2D eigenvalue weighted by molar-refractivity contribution is 0.0942. The number of nitrogens with one attached hydrogen (secondary N) is 2. The standard InChI is InChI=1S/C22H28N4O2/c1-5-13-23-21(28)19-25-18(17-8-6-7-14-26(17)19)20(27)24-16-11-9-15(10-12-16)22(2,3)4/h5,9-12H,1,6-8,13-14H2,2-4H3,(H,23,28)(H,24,27). The third-order valence-electron chi connectivity index (χ3n) is 4.95. The molecule has 1 aromatic heterocycles. The van der Waals surface area contributed by atoms with Crippen molar-refractivity contribution in [3.05, 3.63) is 59.7 Å². The molecule has 0 atom stereocenters. The summed E-state index contributed by atoms with van der Waals surface area (Å²) in [5, 5.41) is 5.67. The Bertz CT molecular complexity index is 888. The number of rotatable bonds is 5. The number of anilines is 1. The van der Waals surface area contributed by atoms with Gasteiger partial charge in [-0.2, -0.15) is 0 Å². The molecule has 1 aliphatic rings. The van der Waals surface area contributed by atoms with E-state index in [-0.39, 0.29) is 17.2 Å². The molecule has 3 rings (SSSR count). The molecule has 0 bridgehead atoms. The second-order valence-electron chi connectivity index (χ2n) is 8.12. The van der Waals surface area contributed by atoms with Crippen LogP contribution in [0.2, 0.25) is 0 Å². The topological polar surface area (TPSA) is 76.0 Å². The predicted octanol–water partition coefficient (Wildman–Crippen LogP) is 3.69. The van der Waals surface area contributed by atoms with Crippen LogP contribution in [-0.2, 0) is 18.4 Å². The highest BCUT2D eigenvalue weighted by Crippen LogP contribution is 2.25. The Balaban J connectivity index is 1.84. The number of fused-ring (bicyclic) bond motifs is 1. The van der Waals surface area contributed by atoms with Crippen LogP contribution >= 0.6 is 0 Å². The van der Waals surface area contributed by atoms with Crippen LogP contribution in [0.1, 0.15) is 66.0 Å². The average molecular weight is 380 g/mol. The van der Waals surface area contributed by atoms with Gasteiger partial charge in [-0.05, 0) is 42.4 Å². The Morgan fingerprint density at radius 3 is 2.54 bits per heavy atom. The van der Waals surface area contributed by atoms with Gasteiger partial charge in [0.05, 0.1) is 5.69 Å². The SMILES string of the molecule is C=CCNC(=O)c1nc(C(=O)Nc2ccc(C(C)(C)C)cc2)c2n1CCCC2. The quantitative estimate of drug-likeness (QED) is 0.777. The van der Waals surface area contributed by atoms with E-state index >= 15 is 0 Å². The molecule has 0 unspecified atom stereocenters. The molecule has 0 saturated heterocycles. The lowest BCUT2D eigenvalue weighted by Crippen LogP contribution is -2.28. The highest BCUT2D eigenvalue weighted by Gasteiger charge is 2.27. The van der Waals surface area contributed by atoms with Crippen molar-refractivity contribution in [2.24, 2.45) is 0 Å². The Kier molecular flexibility index (Phi) is 5.68. The number of imidazole rings is 1. The van der Waals surface area contributed by atoms with Crippen LogP contribution in [0.3, 0.4) is 0 Å². The minimum atomic E-state index is -0.281. The Hall–Kier alpha value is -2.89. The van der Waals surface area contributed by atoms with Crippen molar-refractivity contribution in [3.63, 3.8) is 0 Å². The summed E-state index contributed by atoms with van der Waals surface area (Å²) in [7, 11) is 0. The summed E-state index contributed by atoms with van der Waals surface area (Å²) in [6.07, 6.45) is 4.32. The first-order valence-electron chi connectivity index (χ1n) is 9.71. The van der Waals surface area contributed by atoms with E-state index in [2.05, 4.69) is 43.0 Å². The number of aromatic nitrogens is 2. The van der Waals surface area contributed by atoms with E-state index < -0.39 is 0 Å². The zero-order valence-electron chi connectivity index (χ0n) is 16.8. The number of carbonyl (C=O) groups is 2. The summed E-state index contributed by atoms with van der Waals surface area (Å²) in [5.41, 5.74) is 3.14. The number of benzene rings is 1. The van der Waals surface area contributed by atoms with Gasteiger partial charge in [-0.25, -0.2) is 4.98 Å². The maximum absolute atomic E-state index is 12.9. The van der Waals surface area contributed by atoms with Crippen molar-refractivity contribution >= 4 is 17.5 Å². The maximum Gasteiger partial charge on any atom is 0.287 e. The molecule has 1 aliphatic heterocycles. The van der Waals surface area contributed by atoms with E-state index in [9.17, 15) is 9.59 Å². The van der Waals surface area contributed by atoms with Gasteiger partial charge < -0.3 is 15.2 Å². The van der Waals surface area contributed by atoms with E-state index in [0.717, 1.165) is 25.0 Å². The first kappa shape index (κ1) is 19.9. The number of hydrogen-bond donors (Lipinski definition) is 2. The number of carbonyl (C=O) groups excluding carboxylic acids is 2. The lowest BCUT2D eigenvalue weighted by Gasteiger charge is -2.19. The zero-order valence-corrected chi connectivity index (χ0v) is 16.8. The Labute approximate surface area is 166 Å². The molecular formula is C22H28N4O2. The third kappa shape index (κ3) is 4.16. The molecule has 6 nitrogen and oxygen atoms in total. The van der Waals surface area contributed by atoms with E-state index in [1.807, 2.05) is 28.8 Å². The highest BCUT2D eigenvalue weighted by molar-refractivity contribution is 6.05. The Morgan fingerprint density at radius 2 is 1.89 bits per heavy atom. The molecule has 0 fully saturated rings. The molecule has 2 amide bonds. The predicted molar refractivity (Wildman–Crippen MR) is 111 cm³/mol. The molecule has 0 saturated carbocycles. The Morgan fingerprint density at radius 1 is 1.18 bits per heavy atom. The van der Waals surface area contributed by atoms with Crippen LogP contribution in [0.4, 0.5) is 5.69 Å². The lowest BCUT2D eigenvalue weighted by atomic mass is 9.87. The van der Waals surface area contributed by atoms with Crippen molar-refractivity contribution in [1.82, 2.24) is 14.9 Å². The van der Waals surface area contributed by atoms with Crippen LogP contribution in [0.5, 0.6) is 0 Å². The smallest absolute Gasteiger partial charge is 0.287 e. The minimum Gasteiger partial charge on any atom is -0.346 e. The second-order valence-corrected chi connectivity index (χ2v) is 8.12. The summed E-state index contributed by atoms with van der Waals surface area (Å²) < 4.78 is 1.87. The number of hydrogen-bond acceptors (Lipinski definition) is 3. The maximum atomic E-state index is 12.9. The molecule has 0 aliphatic carbocycles. The summed E-state index contributed by atoms with van der Waals surface area (Å²) >= 11 is 0. The highest BCUT2D eigenvalue weighted by atomic mass is 16.2. The van der Waals surface area contributed by atoms with Gasteiger partial charge >= 0.3 is 0 Å². The molecule has 148 valence electrons. The largest absolute Gasteiger partial charge is 0.346 e. The fraction of sp³-hybridized carbons (Fsp3) is 0.409. The van der Waals surface area contributed by atoms with Gasteiger partial charge in [-0.1, -0.05) is 39.0 Å². The van der Waals surface area contributed by atoms with Crippen LogP contribution < -0.4 is 10.6 Å². The summed E-state index contributed by atoms with van der Waals surface area (Å²) in [6.45, 7) is 11.1. The molecular weight excluding hydrogens is 352 g/mol. The number of nitrogens with zero attached hydrogens (tertiary/aromatic N) is 2. The molecule has 6 heteroatoms. The molecule has 28 heavy (non-hydrogen) atoms. The van der Waals surface area contributed by atoms with Gasteiger partial charge in [-0.15, -0.1) is 6.58 Å². The van der Waals surface area contributed by atoms with Gasteiger partial charge in [0.2, 0.25) is 0 Å². The third-order valence-corrected chi connectivity index (χ3v) is 4.95. The fourth-order valence-corrected chi connectivity index (χ4v) is 3.39. The van der Waals surface area contributed by atoms with Crippen LogP contribution in [0, 0.1) is 0 Å². The van der Waals surface area contributed by atoms with E-state index in [4.69, 9.17) is 0 Å². The first-order chi connectivity index (χ1) is 13.3. The van der Waals surface area contributed by atoms with Gasteiger partial charge in [0.1, 0.15) is 0 Å². The number of amides is 2. The molecule has 2 heterocycles.